The topological polar surface area (TPSA) is 0 Å². The van der Waals surface area contributed by atoms with Gasteiger partial charge in [-0.2, -0.15) is 0 Å². The minimum Gasteiger partial charge on any atom is -0.0651 e. The van der Waals surface area contributed by atoms with Gasteiger partial charge in [-0.05, 0) is 73.0 Å². The molecule has 0 heteroatoms. The van der Waals surface area contributed by atoms with E-state index >= 15 is 0 Å². The fraction of sp³-hybridized carbons (Fsp3) is 1.00. The van der Waals surface area contributed by atoms with Crippen molar-refractivity contribution in [2.75, 3.05) is 0 Å². The lowest BCUT2D eigenvalue weighted by molar-refractivity contribution is -0.0277. The van der Waals surface area contributed by atoms with E-state index in [-0.39, 0.29) is 0 Å². The predicted molar refractivity (Wildman–Crippen MR) is 78.3 cm³/mol. The zero-order chi connectivity index (χ0) is 12.9. The molecule has 0 aromatic rings. The second-order valence-corrected chi connectivity index (χ2v) is 7.99. The summed E-state index contributed by atoms with van der Waals surface area (Å²) in [5, 5.41) is 0. The van der Waals surface area contributed by atoms with Crippen LogP contribution in [0.5, 0.6) is 0 Å². The van der Waals surface area contributed by atoms with Gasteiger partial charge in [0.25, 0.3) is 0 Å². The van der Waals surface area contributed by atoms with E-state index in [9.17, 15) is 0 Å². The molecule has 104 valence electrons. The lowest BCUT2D eigenvalue weighted by Gasteiger charge is -2.51. The van der Waals surface area contributed by atoms with Gasteiger partial charge in [-0.15, -0.1) is 0 Å². The highest BCUT2D eigenvalue weighted by molar-refractivity contribution is 4.99. The first-order valence-electron chi connectivity index (χ1n) is 8.61. The van der Waals surface area contributed by atoms with Crippen LogP contribution in [0.2, 0.25) is 0 Å². The monoisotopic (exact) mass is 248 g/mol. The van der Waals surface area contributed by atoms with Crippen molar-refractivity contribution in [1.29, 1.82) is 0 Å². The van der Waals surface area contributed by atoms with Crippen molar-refractivity contribution < 1.29 is 0 Å². The van der Waals surface area contributed by atoms with Crippen molar-refractivity contribution in [2.45, 2.75) is 66.2 Å². The summed E-state index contributed by atoms with van der Waals surface area (Å²) in [7, 11) is 0. The van der Waals surface area contributed by atoms with Gasteiger partial charge in [-0.25, -0.2) is 0 Å². The van der Waals surface area contributed by atoms with Gasteiger partial charge in [0.15, 0.2) is 0 Å². The van der Waals surface area contributed by atoms with Crippen LogP contribution in [0.25, 0.3) is 0 Å². The molecule has 0 aliphatic heterocycles. The normalized spacial score (nSPS) is 56.0. The third-order valence-corrected chi connectivity index (χ3v) is 7.45. The van der Waals surface area contributed by atoms with Crippen LogP contribution in [0.15, 0.2) is 0 Å². The standard InChI is InChI=1S/C18H32/c1-5-14-6-7-15-9-17(10-16(15)8-14)18-12(3)11(2)13(18)4/h11-18H,5-10H2,1-4H3. The van der Waals surface area contributed by atoms with Crippen LogP contribution in [0.1, 0.15) is 66.2 Å². The molecule has 3 rings (SSSR count). The maximum Gasteiger partial charge on any atom is -0.0329 e. The number of rotatable bonds is 2. The number of hydrogen-bond donors (Lipinski definition) is 0. The molecule has 6 atom stereocenters. The molecule has 0 saturated heterocycles. The van der Waals surface area contributed by atoms with Crippen LogP contribution < -0.4 is 0 Å². The minimum atomic E-state index is 0.987. The maximum absolute atomic E-state index is 2.52. The molecule has 0 bridgehead atoms. The molecule has 3 fully saturated rings. The summed E-state index contributed by atoms with van der Waals surface area (Å²) in [5.41, 5.74) is 0. The summed E-state index contributed by atoms with van der Waals surface area (Å²) in [6, 6.07) is 0. The van der Waals surface area contributed by atoms with Gasteiger partial charge in [0.1, 0.15) is 0 Å². The molecule has 18 heavy (non-hydrogen) atoms. The average Bonchev–Trinajstić information content (AvgIpc) is 2.80. The molecule has 6 unspecified atom stereocenters. The summed E-state index contributed by atoms with van der Waals surface area (Å²) in [4.78, 5) is 0. The third-order valence-electron chi connectivity index (χ3n) is 7.45. The molecule has 0 radical (unpaired) electrons. The van der Waals surface area contributed by atoms with Crippen molar-refractivity contribution >= 4 is 0 Å². The molecular formula is C18H32. The van der Waals surface area contributed by atoms with Crippen LogP contribution in [-0.2, 0) is 0 Å². The molecule has 0 aromatic carbocycles. The Balaban J connectivity index is 1.62. The van der Waals surface area contributed by atoms with Gasteiger partial charge >= 0.3 is 0 Å². The molecule has 0 heterocycles. The van der Waals surface area contributed by atoms with Crippen molar-refractivity contribution in [3.63, 3.8) is 0 Å². The minimum absolute atomic E-state index is 0.987. The first kappa shape index (κ1) is 13.0. The Morgan fingerprint density at radius 1 is 0.722 bits per heavy atom. The molecule has 0 spiro atoms. The third kappa shape index (κ3) is 1.95. The van der Waals surface area contributed by atoms with E-state index in [0.717, 1.165) is 47.3 Å². The molecule has 0 N–H and O–H groups in total. The van der Waals surface area contributed by atoms with E-state index in [1.165, 1.54) is 12.8 Å². The van der Waals surface area contributed by atoms with Gasteiger partial charge in [0.2, 0.25) is 0 Å². The molecular weight excluding hydrogens is 216 g/mol. The summed E-state index contributed by atoms with van der Waals surface area (Å²) in [6.45, 7) is 9.91. The Morgan fingerprint density at radius 2 is 1.39 bits per heavy atom. The highest BCUT2D eigenvalue weighted by Crippen LogP contribution is 2.57. The summed E-state index contributed by atoms with van der Waals surface area (Å²) < 4.78 is 0. The highest BCUT2D eigenvalue weighted by atomic mass is 14.5. The summed E-state index contributed by atoms with van der Waals surface area (Å²) in [6.07, 6.45) is 9.28. The highest BCUT2D eigenvalue weighted by Gasteiger charge is 2.50. The second-order valence-electron chi connectivity index (χ2n) is 7.99. The van der Waals surface area contributed by atoms with E-state index < -0.39 is 0 Å². The molecule has 0 aromatic heterocycles. The fourth-order valence-corrected chi connectivity index (χ4v) is 5.95. The quantitative estimate of drug-likeness (QED) is 0.615. The maximum atomic E-state index is 2.52. The zero-order valence-electron chi connectivity index (χ0n) is 12.9. The largest absolute Gasteiger partial charge is 0.0651 e. The van der Waals surface area contributed by atoms with Crippen LogP contribution in [-0.4, -0.2) is 0 Å². The predicted octanol–water partition coefficient (Wildman–Crippen LogP) is 5.38. The molecule has 0 amide bonds. The van der Waals surface area contributed by atoms with Gasteiger partial charge in [0, 0.05) is 0 Å². The number of hydrogen-bond acceptors (Lipinski definition) is 0. The van der Waals surface area contributed by atoms with Crippen LogP contribution >= 0.6 is 0 Å². The Morgan fingerprint density at radius 3 is 2.06 bits per heavy atom. The molecule has 3 saturated carbocycles. The molecule has 3 aliphatic carbocycles. The van der Waals surface area contributed by atoms with Crippen molar-refractivity contribution in [1.82, 2.24) is 0 Å². The van der Waals surface area contributed by atoms with E-state index in [2.05, 4.69) is 27.7 Å². The average molecular weight is 248 g/mol. The van der Waals surface area contributed by atoms with Gasteiger partial charge in [-0.1, -0.05) is 40.5 Å². The Bertz CT molecular complexity index is 284. The van der Waals surface area contributed by atoms with Crippen molar-refractivity contribution in [3.8, 4) is 0 Å². The van der Waals surface area contributed by atoms with Crippen LogP contribution in [0.4, 0.5) is 0 Å². The molecule has 0 nitrogen and oxygen atoms in total. The van der Waals surface area contributed by atoms with Crippen molar-refractivity contribution in [2.24, 2.45) is 47.3 Å². The van der Waals surface area contributed by atoms with E-state index in [4.69, 9.17) is 0 Å². The SMILES string of the molecule is CCC1CCC2CC(C3C(C)C(C)C3C)CC2C1. The summed E-state index contributed by atoms with van der Waals surface area (Å²) in [5.74, 6) is 8.47. The smallest absolute Gasteiger partial charge is 0.0329 e. The first-order chi connectivity index (χ1) is 8.61. The lowest BCUT2D eigenvalue weighted by atomic mass is 9.54. The van der Waals surface area contributed by atoms with E-state index in [1.807, 2.05) is 0 Å². The summed E-state index contributed by atoms with van der Waals surface area (Å²) >= 11 is 0. The van der Waals surface area contributed by atoms with E-state index in [1.54, 1.807) is 25.7 Å². The Labute approximate surface area is 114 Å². The van der Waals surface area contributed by atoms with Gasteiger partial charge in [0.05, 0.1) is 0 Å². The molecule has 3 aliphatic rings. The van der Waals surface area contributed by atoms with Crippen molar-refractivity contribution in [3.05, 3.63) is 0 Å². The van der Waals surface area contributed by atoms with Gasteiger partial charge < -0.3 is 0 Å². The zero-order valence-corrected chi connectivity index (χ0v) is 12.9. The van der Waals surface area contributed by atoms with Crippen LogP contribution in [0.3, 0.4) is 0 Å². The Kier molecular flexibility index (Phi) is 3.49. The second kappa shape index (κ2) is 4.84. The van der Waals surface area contributed by atoms with E-state index in [0.29, 0.717) is 0 Å². The van der Waals surface area contributed by atoms with Crippen LogP contribution in [0, 0.1) is 47.3 Å². The number of fused-ring (bicyclic) bond motifs is 1. The van der Waals surface area contributed by atoms with Gasteiger partial charge in [-0.3, -0.25) is 0 Å². The fourth-order valence-electron chi connectivity index (χ4n) is 5.95. The first-order valence-corrected chi connectivity index (χ1v) is 8.61. The lowest BCUT2D eigenvalue weighted by Crippen LogP contribution is -2.45. The Hall–Kier alpha value is 0.